The molecule has 9 nitrogen and oxygen atoms in total. The van der Waals surface area contributed by atoms with Gasteiger partial charge in [0, 0.05) is 30.3 Å². The van der Waals surface area contributed by atoms with Crippen LogP contribution in [-0.4, -0.2) is 35.6 Å². The van der Waals surface area contributed by atoms with Crippen molar-refractivity contribution in [1.29, 1.82) is 0 Å². The first-order chi connectivity index (χ1) is 15.7. The quantitative estimate of drug-likeness (QED) is 0.441. The Kier molecular flexibility index (Phi) is 4.01. The lowest BCUT2D eigenvalue weighted by molar-refractivity contribution is 0.356. The van der Waals surface area contributed by atoms with Crippen molar-refractivity contribution in [3.05, 3.63) is 77.5 Å². The van der Waals surface area contributed by atoms with Gasteiger partial charge in [-0.2, -0.15) is 0 Å². The molecule has 1 aliphatic rings. The van der Waals surface area contributed by atoms with Gasteiger partial charge in [-0.05, 0) is 24.3 Å². The number of pyridine rings is 1. The molecule has 5 heterocycles. The van der Waals surface area contributed by atoms with Crippen molar-refractivity contribution in [2.24, 2.45) is 0 Å². The fraction of sp³-hybridized carbons (Fsp3) is 0.136. The number of nitrogens with one attached hydrogen (secondary N) is 1. The Morgan fingerprint density at radius 3 is 2.97 bits per heavy atom. The molecular formula is C22H15FN8O. The zero-order valence-electron chi connectivity index (χ0n) is 16.7. The standard InChI is InChI=1S/C22H15FN8O/c1-24-19-11-25-20-14(3-2-7-30(19)20)16-10-27-22(31-12-28-29-21(16)31)26-9-15-13-6-8-32-18(13)5-4-17(15)23/h2-5,7,10-12H,6,8-9H2,(H,26,27). The predicted octanol–water partition coefficient (Wildman–Crippen LogP) is 3.68. The number of hydrogen-bond donors (Lipinski definition) is 1. The van der Waals surface area contributed by atoms with Crippen LogP contribution in [0, 0.1) is 12.4 Å². The van der Waals surface area contributed by atoms with Gasteiger partial charge < -0.3 is 14.9 Å². The van der Waals surface area contributed by atoms with Gasteiger partial charge in [0.15, 0.2) is 5.65 Å². The van der Waals surface area contributed by atoms with Gasteiger partial charge >= 0.3 is 0 Å². The van der Waals surface area contributed by atoms with Crippen LogP contribution in [0.5, 0.6) is 5.75 Å². The maximum atomic E-state index is 14.5. The molecule has 0 fully saturated rings. The van der Waals surface area contributed by atoms with Crippen molar-refractivity contribution in [3.63, 3.8) is 0 Å². The highest BCUT2D eigenvalue weighted by molar-refractivity contribution is 5.86. The Bertz CT molecular complexity index is 1550. The monoisotopic (exact) mass is 426 g/mol. The van der Waals surface area contributed by atoms with Gasteiger partial charge in [-0.3, -0.25) is 4.40 Å². The van der Waals surface area contributed by atoms with E-state index in [4.69, 9.17) is 11.3 Å². The van der Waals surface area contributed by atoms with Gasteiger partial charge in [0.25, 0.3) is 5.82 Å². The van der Waals surface area contributed by atoms with E-state index in [1.807, 2.05) is 12.1 Å². The van der Waals surface area contributed by atoms with E-state index in [1.165, 1.54) is 12.3 Å². The summed E-state index contributed by atoms with van der Waals surface area (Å²) in [6, 6.07) is 6.84. The second-order valence-corrected chi connectivity index (χ2v) is 7.32. The number of hydrogen-bond acceptors (Lipinski definition) is 6. The van der Waals surface area contributed by atoms with E-state index in [1.54, 1.807) is 33.6 Å². The molecule has 0 aliphatic carbocycles. The summed E-state index contributed by atoms with van der Waals surface area (Å²) >= 11 is 0. The van der Waals surface area contributed by atoms with Crippen molar-refractivity contribution < 1.29 is 9.13 Å². The highest BCUT2D eigenvalue weighted by Crippen LogP contribution is 2.32. The fourth-order valence-corrected chi connectivity index (χ4v) is 4.10. The molecule has 5 aromatic rings. The largest absolute Gasteiger partial charge is 0.493 e. The zero-order valence-corrected chi connectivity index (χ0v) is 16.7. The summed E-state index contributed by atoms with van der Waals surface area (Å²) in [6.45, 7) is 8.12. The Balaban J connectivity index is 1.40. The minimum atomic E-state index is -0.278. The summed E-state index contributed by atoms with van der Waals surface area (Å²) in [5.74, 6) is 1.36. The summed E-state index contributed by atoms with van der Waals surface area (Å²) in [5.41, 5.74) is 4.17. The third-order valence-electron chi connectivity index (χ3n) is 5.62. The van der Waals surface area contributed by atoms with Crippen LogP contribution < -0.4 is 10.1 Å². The van der Waals surface area contributed by atoms with E-state index in [9.17, 15) is 4.39 Å². The lowest BCUT2D eigenvalue weighted by Gasteiger charge is -2.12. The van der Waals surface area contributed by atoms with E-state index < -0.39 is 0 Å². The lowest BCUT2D eigenvalue weighted by Crippen LogP contribution is -2.09. The maximum Gasteiger partial charge on any atom is 0.254 e. The van der Waals surface area contributed by atoms with Crippen LogP contribution in [0.15, 0.2) is 49.2 Å². The van der Waals surface area contributed by atoms with Crippen LogP contribution in [0.25, 0.3) is 27.3 Å². The third kappa shape index (κ3) is 2.68. The van der Waals surface area contributed by atoms with Gasteiger partial charge in [-0.1, -0.05) is 6.57 Å². The number of imidazole rings is 1. The first-order valence-corrected chi connectivity index (χ1v) is 9.94. The second-order valence-electron chi connectivity index (χ2n) is 7.32. The Morgan fingerprint density at radius 1 is 1.12 bits per heavy atom. The molecule has 0 unspecified atom stereocenters. The Labute approximate surface area is 181 Å². The number of nitrogens with zero attached hydrogens (tertiary/aromatic N) is 7. The number of halogens is 1. The van der Waals surface area contributed by atoms with Crippen molar-refractivity contribution in [3.8, 4) is 16.9 Å². The lowest BCUT2D eigenvalue weighted by atomic mass is 10.0. The molecule has 1 N–H and O–H groups in total. The highest BCUT2D eigenvalue weighted by Gasteiger charge is 2.21. The summed E-state index contributed by atoms with van der Waals surface area (Å²) in [7, 11) is 0. The summed E-state index contributed by atoms with van der Waals surface area (Å²) in [6.07, 6.45) is 7.24. The van der Waals surface area contributed by atoms with Crippen molar-refractivity contribution in [1.82, 2.24) is 29.0 Å². The van der Waals surface area contributed by atoms with Crippen LogP contribution in [0.4, 0.5) is 16.2 Å². The van der Waals surface area contributed by atoms with Gasteiger partial charge in [0.05, 0.1) is 30.1 Å². The van der Waals surface area contributed by atoms with E-state index in [-0.39, 0.29) is 12.4 Å². The van der Waals surface area contributed by atoms with Crippen LogP contribution >= 0.6 is 0 Å². The van der Waals surface area contributed by atoms with E-state index in [0.29, 0.717) is 41.7 Å². The van der Waals surface area contributed by atoms with Crippen LogP contribution in [0.3, 0.4) is 0 Å². The van der Waals surface area contributed by atoms with Crippen LogP contribution in [0.1, 0.15) is 11.1 Å². The molecule has 0 spiro atoms. The Hall–Kier alpha value is -4.52. The SMILES string of the molecule is [C-]#[N+]c1cnc2c(-c3cnc(NCc4c(F)ccc5c4CCO5)n4cnnc34)cccn12. The van der Waals surface area contributed by atoms with Gasteiger partial charge in [0.2, 0.25) is 11.6 Å². The molecule has 6 rings (SSSR count). The summed E-state index contributed by atoms with van der Waals surface area (Å²) < 4.78 is 23.5. The van der Waals surface area contributed by atoms with E-state index in [0.717, 1.165) is 22.4 Å². The molecule has 1 aliphatic heterocycles. The molecule has 0 amide bonds. The number of benzene rings is 1. The molecule has 156 valence electrons. The normalized spacial score (nSPS) is 12.6. The second kappa shape index (κ2) is 7.02. The molecule has 0 atom stereocenters. The first kappa shape index (κ1) is 18.3. The van der Waals surface area contributed by atoms with E-state index in [2.05, 4.69) is 30.3 Å². The van der Waals surface area contributed by atoms with E-state index >= 15 is 0 Å². The average Bonchev–Trinajstić information content (AvgIpc) is 3.57. The Morgan fingerprint density at radius 2 is 2.06 bits per heavy atom. The van der Waals surface area contributed by atoms with Gasteiger partial charge in [-0.15, -0.1) is 10.2 Å². The predicted molar refractivity (Wildman–Crippen MR) is 114 cm³/mol. The molecule has 0 radical (unpaired) electrons. The minimum Gasteiger partial charge on any atom is -0.493 e. The topological polar surface area (TPSA) is 86.0 Å². The summed E-state index contributed by atoms with van der Waals surface area (Å²) in [5, 5.41) is 11.5. The zero-order chi connectivity index (χ0) is 21.7. The molecule has 1 aromatic carbocycles. The van der Waals surface area contributed by atoms with Crippen LogP contribution in [-0.2, 0) is 13.0 Å². The maximum absolute atomic E-state index is 14.5. The highest BCUT2D eigenvalue weighted by atomic mass is 19.1. The van der Waals surface area contributed by atoms with Crippen LogP contribution in [0.2, 0.25) is 0 Å². The van der Waals surface area contributed by atoms with Crippen molar-refractivity contribution in [2.45, 2.75) is 13.0 Å². The summed E-state index contributed by atoms with van der Waals surface area (Å²) in [4.78, 5) is 12.4. The third-order valence-corrected chi connectivity index (χ3v) is 5.62. The minimum absolute atomic E-state index is 0.252. The molecule has 0 bridgehead atoms. The average molecular weight is 426 g/mol. The van der Waals surface area contributed by atoms with Gasteiger partial charge in [0.1, 0.15) is 17.9 Å². The molecule has 10 heteroatoms. The molecule has 32 heavy (non-hydrogen) atoms. The molecule has 4 aromatic heterocycles. The number of fused-ring (bicyclic) bond motifs is 3. The number of ether oxygens (including phenoxy) is 1. The number of aromatic nitrogens is 6. The number of anilines is 1. The number of rotatable bonds is 4. The molecular weight excluding hydrogens is 411 g/mol. The van der Waals surface area contributed by atoms with Gasteiger partial charge in [-0.25, -0.2) is 18.8 Å². The van der Waals surface area contributed by atoms with Crippen molar-refractivity contribution in [2.75, 3.05) is 11.9 Å². The smallest absolute Gasteiger partial charge is 0.254 e. The molecule has 0 saturated carbocycles. The molecule has 0 saturated heterocycles. The fourth-order valence-electron chi connectivity index (χ4n) is 4.10. The first-order valence-electron chi connectivity index (χ1n) is 9.94. The van der Waals surface area contributed by atoms with Crippen molar-refractivity contribution >= 4 is 23.1 Å².